The molecule has 1 aliphatic rings. The van der Waals surface area contributed by atoms with Gasteiger partial charge >= 0.3 is 6.03 Å². The third kappa shape index (κ3) is 2.75. The van der Waals surface area contributed by atoms with E-state index in [-0.39, 0.29) is 18.7 Å². The topological polar surface area (TPSA) is 61.4 Å². The summed E-state index contributed by atoms with van der Waals surface area (Å²) >= 11 is 0. The summed E-state index contributed by atoms with van der Waals surface area (Å²) in [6.07, 6.45) is 0.977. The molecule has 2 aromatic rings. The minimum atomic E-state index is -0.202. The predicted octanol–water partition coefficient (Wildman–Crippen LogP) is 1.99. The molecule has 0 unspecified atom stereocenters. The van der Waals surface area contributed by atoms with Crippen molar-refractivity contribution < 1.29 is 9.90 Å². The van der Waals surface area contributed by atoms with Crippen LogP contribution < -0.4 is 10.6 Å². The summed E-state index contributed by atoms with van der Waals surface area (Å²) in [5.41, 5.74) is 1.27. The molecule has 1 saturated carbocycles. The first kappa shape index (κ1) is 12.9. The molecule has 2 atom stereocenters. The Morgan fingerprint density at radius 2 is 2.00 bits per heavy atom. The Hall–Kier alpha value is -2.07. The zero-order valence-electron chi connectivity index (χ0n) is 11.2. The van der Waals surface area contributed by atoms with Crippen LogP contribution in [0.4, 0.5) is 4.79 Å². The summed E-state index contributed by atoms with van der Waals surface area (Å²) in [7, 11) is 0. The highest BCUT2D eigenvalue weighted by Crippen LogP contribution is 2.41. The third-order valence-electron chi connectivity index (χ3n) is 3.71. The van der Waals surface area contributed by atoms with Gasteiger partial charge in [0.15, 0.2) is 0 Å². The third-order valence-corrected chi connectivity index (χ3v) is 3.71. The first-order chi connectivity index (χ1) is 9.78. The fourth-order valence-corrected chi connectivity index (χ4v) is 2.55. The van der Waals surface area contributed by atoms with Crippen molar-refractivity contribution >= 4 is 16.8 Å². The Bertz CT molecular complexity index is 627. The summed E-state index contributed by atoms with van der Waals surface area (Å²) in [4.78, 5) is 11.5. The van der Waals surface area contributed by atoms with Crippen LogP contribution in [0, 0.1) is 0 Å². The van der Waals surface area contributed by atoms with Crippen LogP contribution in [0.2, 0.25) is 0 Å². The molecule has 2 amide bonds. The molecule has 0 spiro atoms. The molecule has 0 aromatic heterocycles. The predicted molar refractivity (Wildman–Crippen MR) is 78.7 cm³/mol. The molecule has 4 heteroatoms. The van der Waals surface area contributed by atoms with Gasteiger partial charge in [-0.1, -0.05) is 42.5 Å². The lowest BCUT2D eigenvalue weighted by atomic mass is 10.0. The molecule has 0 radical (unpaired) electrons. The van der Waals surface area contributed by atoms with Crippen molar-refractivity contribution in [2.75, 3.05) is 13.2 Å². The highest BCUT2D eigenvalue weighted by molar-refractivity contribution is 5.83. The molecule has 3 rings (SSSR count). The van der Waals surface area contributed by atoms with Gasteiger partial charge in [-0.25, -0.2) is 4.79 Å². The number of fused-ring (bicyclic) bond motifs is 1. The summed E-state index contributed by atoms with van der Waals surface area (Å²) in [5.74, 6) is 0.402. The largest absolute Gasteiger partial charge is 0.395 e. The van der Waals surface area contributed by atoms with E-state index >= 15 is 0 Å². The van der Waals surface area contributed by atoms with Crippen LogP contribution in [0.1, 0.15) is 17.9 Å². The van der Waals surface area contributed by atoms with E-state index in [1.807, 2.05) is 12.1 Å². The molecule has 1 aliphatic carbocycles. The number of aliphatic hydroxyl groups excluding tert-OH is 1. The maximum Gasteiger partial charge on any atom is 0.315 e. The Kier molecular flexibility index (Phi) is 3.56. The second-order valence-corrected chi connectivity index (χ2v) is 5.18. The Morgan fingerprint density at radius 3 is 2.80 bits per heavy atom. The van der Waals surface area contributed by atoms with Crippen LogP contribution in [0.5, 0.6) is 0 Å². The lowest BCUT2D eigenvalue weighted by molar-refractivity contribution is 0.233. The van der Waals surface area contributed by atoms with Crippen LogP contribution >= 0.6 is 0 Å². The first-order valence-corrected chi connectivity index (χ1v) is 6.92. The van der Waals surface area contributed by atoms with Gasteiger partial charge in [0.2, 0.25) is 0 Å². The van der Waals surface area contributed by atoms with E-state index in [9.17, 15) is 4.79 Å². The standard InChI is InChI=1S/C16H18N2O2/c19-8-7-17-16(20)18-15-10-14(15)13-6-5-11-3-1-2-4-12(11)9-13/h1-6,9,14-15,19H,7-8,10H2,(H2,17,18,20)/t14-,15+/m0/s1. The number of hydrogen-bond acceptors (Lipinski definition) is 2. The molecule has 0 saturated heterocycles. The summed E-state index contributed by atoms with van der Waals surface area (Å²) in [5, 5.41) is 16.7. The number of hydrogen-bond donors (Lipinski definition) is 3. The minimum absolute atomic E-state index is 0.0355. The van der Waals surface area contributed by atoms with Gasteiger partial charge in [-0.3, -0.25) is 0 Å². The number of benzene rings is 2. The van der Waals surface area contributed by atoms with Crippen LogP contribution in [0.3, 0.4) is 0 Å². The normalized spacial score (nSPS) is 20.6. The number of amides is 2. The number of aliphatic hydroxyl groups is 1. The molecule has 104 valence electrons. The van der Waals surface area contributed by atoms with Crippen molar-refractivity contribution in [1.82, 2.24) is 10.6 Å². The average Bonchev–Trinajstić information content (AvgIpc) is 3.23. The molecule has 1 fully saturated rings. The van der Waals surface area contributed by atoms with Crippen molar-refractivity contribution in [3.05, 3.63) is 48.0 Å². The summed E-state index contributed by atoms with van der Waals surface area (Å²) in [6.45, 7) is 0.255. The van der Waals surface area contributed by atoms with Crippen molar-refractivity contribution in [1.29, 1.82) is 0 Å². The number of urea groups is 1. The molecular formula is C16H18N2O2. The fourth-order valence-electron chi connectivity index (χ4n) is 2.55. The summed E-state index contributed by atoms with van der Waals surface area (Å²) < 4.78 is 0. The lowest BCUT2D eigenvalue weighted by Crippen LogP contribution is -2.38. The molecule has 0 bridgehead atoms. The van der Waals surface area contributed by atoms with Crippen molar-refractivity contribution in [3.63, 3.8) is 0 Å². The van der Waals surface area contributed by atoms with Crippen molar-refractivity contribution in [3.8, 4) is 0 Å². The lowest BCUT2D eigenvalue weighted by Gasteiger charge is -2.06. The highest BCUT2D eigenvalue weighted by Gasteiger charge is 2.39. The molecule has 20 heavy (non-hydrogen) atoms. The average molecular weight is 270 g/mol. The number of carbonyl (C=O) groups is 1. The molecular weight excluding hydrogens is 252 g/mol. The first-order valence-electron chi connectivity index (χ1n) is 6.92. The van der Waals surface area contributed by atoms with E-state index in [4.69, 9.17) is 5.11 Å². The quantitative estimate of drug-likeness (QED) is 0.795. The SMILES string of the molecule is O=C(NCCO)N[C@@H]1C[C@H]1c1ccc2ccccc2c1. The van der Waals surface area contributed by atoms with Crippen LogP contribution in [-0.4, -0.2) is 30.3 Å². The van der Waals surface area contributed by atoms with Gasteiger partial charge in [-0.15, -0.1) is 0 Å². The Balaban J connectivity index is 1.64. The van der Waals surface area contributed by atoms with Gasteiger partial charge < -0.3 is 15.7 Å². The van der Waals surface area contributed by atoms with E-state index in [1.165, 1.54) is 16.3 Å². The van der Waals surface area contributed by atoms with Gasteiger partial charge in [-0.2, -0.15) is 0 Å². The molecule has 0 aliphatic heterocycles. The molecule has 4 nitrogen and oxygen atoms in total. The fraction of sp³-hybridized carbons (Fsp3) is 0.312. The Labute approximate surface area is 117 Å². The van der Waals surface area contributed by atoms with Crippen LogP contribution in [-0.2, 0) is 0 Å². The zero-order chi connectivity index (χ0) is 13.9. The maximum absolute atomic E-state index is 11.5. The second-order valence-electron chi connectivity index (χ2n) is 5.18. The van der Waals surface area contributed by atoms with E-state index in [2.05, 4.69) is 41.0 Å². The Morgan fingerprint density at radius 1 is 1.20 bits per heavy atom. The second kappa shape index (κ2) is 5.51. The van der Waals surface area contributed by atoms with Gasteiger partial charge in [0.25, 0.3) is 0 Å². The smallest absolute Gasteiger partial charge is 0.315 e. The van der Waals surface area contributed by atoms with Crippen molar-refractivity contribution in [2.24, 2.45) is 0 Å². The monoisotopic (exact) mass is 270 g/mol. The van der Waals surface area contributed by atoms with E-state index in [1.54, 1.807) is 0 Å². The number of nitrogens with one attached hydrogen (secondary N) is 2. The summed E-state index contributed by atoms with van der Waals surface area (Å²) in [6, 6.07) is 14.8. The number of rotatable bonds is 4. The maximum atomic E-state index is 11.5. The van der Waals surface area contributed by atoms with Gasteiger partial charge in [0.05, 0.1) is 6.61 Å². The number of carbonyl (C=O) groups excluding carboxylic acids is 1. The molecule has 2 aromatic carbocycles. The molecule has 0 heterocycles. The molecule has 3 N–H and O–H groups in total. The van der Waals surface area contributed by atoms with Crippen molar-refractivity contribution in [2.45, 2.75) is 18.4 Å². The van der Waals surface area contributed by atoms with E-state index in [0.29, 0.717) is 12.5 Å². The highest BCUT2D eigenvalue weighted by atomic mass is 16.3. The van der Waals surface area contributed by atoms with Gasteiger partial charge in [-0.05, 0) is 22.8 Å². The van der Waals surface area contributed by atoms with Crippen LogP contribution in [0.25, 0.3) is 10.8 Å². The van der Waals surface area contributed by atoms with E-state index < -0.39 is 0 Å². The van der Waals surface area contributed by atoms with Crippen LogP contribution in [0.15, 0.2) is 42.5 Å². The van der Waals surface area contributed by atoms with E-state index in [0.717, 1.165) is 6.42 Å². The minimum Gasteiger partial charge on any atom is -0.395 e. The zero-order valence-corrected chi connectivity index (χ0v) is 11.2. The van der Waals surface area contributed by atoms with Gasteiger partial charge in [0.1, 0.15) is 0 Å². The van der Waals surface area contributed by atoms with Gasteiger partial charge in [0, 0.05) is 18.5 Å².